The van der Waals surface area contributed by atoms with E-state index in [0.717, 1.165) is 25.2 Å². The number of esters is 1. The number of benzene rings is 2. The molecule has 0 atom stereocenters. The molecule has 0 aliphatic heterocycles. The summed E-state index contributed by atoms with van der Waals surface area (Å²) in [6.07, 6.45) is 2.92. The first-order valence-corrected chi connectivity index (χ1v) is 11.3. The van der Waals surface area contributed by atoms with E-state index in [9.17, 15) is 22.8 Å². The number of ether oxygens (including phenoxy) is 1. The second-order valence-corrected chi connectivity index (χ2v) is 9.29. The highest BCUT2D eigenvalue weighted by molar-refractivity contribution is 7.90. The van der Waals surface area contributed by atoms with E-state index >= 15 is 0 Å². The highest BCUT2D eigenvalue weighted by atomic mass is 35.5. The molecule has 0 unspecified atom stereocenters. The Balaban J connectivity index is 1.59. The zero-order valence-corrected chi connectivity index (χ0v) is 17.5. The molecule has 1 fully saturated rings. The Bertz CT molecular complexity index is 1110. The summed E-state index contributed by atoms with van der Waals surface area (Å²) in [5, 5.41) is 5.39. The van der Waals surface area contributed by atoms with Crippen molar-refractivity contribution in [1.29, 1.82) is 0 Å². The molecule has 2 N–H and O–H groups in total. The van der Waals surface area contributed by atoms with Gasteiger partial charge in [0.05, 0.1) is 15.5 Å². The van der Waals surface area contributed by atoms with Crippen LogP contribution in [0.4, 0.5) is 5.69 Å². The van der Waals surface area contributed by atoms with Crippen LogP contribution in [0.2, 0.25) is 5.02 Å². The summed E-state index contributed by atoms with van der Waals surface area (Å²) < 4.78 is 28.2. The minimum Gasteiger partial charge on any atom is -0.452 e. The molecular formula is C20H19ClN2O6S. The van der Waals surface area contributed by atoms with Gasteiger partial charge in [-0.3, -0.25) is 9.59 Å². The zero-order chi connectivity index (χ0) is 21.9. The van der Waals surface area contributed by atoms with Crippen LogP contribution in [0.5, 0.6) is 0 Å². The second-order valence-electron chi connectivity index (χ2n) is 6.87. The third-order valence-electron chi connectivity index (χ3n) is 4.24. The van der Waals surface area contributed by atoms with Crippen LogP contribution in [-0.4, -0.2) is 45.1 Å². The van der Waals surface area contributed by atoms with E-state index in [4.69, 9.17) is 16.3 Å². The largest absolute Gasteiger partial charge is 0.452 e. The van der Waals surface area contributed by atoms with Gasteiger partial charge in [-0.15, -0.1) is 0 Å². The van der Waals surface area contributed by atoms with Crippen LogP contribution in [0.15, 0.2) is 47.4 Å². The molecule has 2 aromatic rings. The molecular weight excluding hydrogens is 432 g/mol. The third-order valence-corrected chi connectivity index (χ3v) is 5.68. The van der Waals surface area contributed by atoms with Crippen LogP contribution < -0.4 is 10.6 Å². The van der Waals surface area contributed by atoms with Crippen LogP contribution >= 0.6 is 11.6 Å². The molecule has 1 saturated carbocycles. The number of hydrogen-bond acceptors (Lipinski definition) is 6. The first-order valence-electron chi connectivity index (χ1n) is 9.01. The maximum absolute atomic E-state index is 12.2. The number of carbonyl (C=O) groups is 3. The molecule has 8 nitrogen and oxygen atoms in total. The van der Waals surface area contributed by atoms with Crippen LogP contribution in [-0.2, 0) is 19.4 Å². The highest BCUT2D eigenvalue weighted by Crippen LogP contribution is 2.22. The normalized spacial score (nSPS) is 13.4. The molecule has 3 rings (SSSR count). The van der Waals surface area contributed by atoms with Crippen LogP contribution in [0, 0.1) is 0 Å². The Morgan fingerprint density at radius 3 is 2.53 bits per heavy atom. The van der Waals surface area contributed by atoms with Crippen molar-refractivity contribution >= 4 is 44.9 Å². The number of nitrogens with one attached hydrogen (secondary N) is 2. The molecule has 0 aromatic heterocycles. The van der Waals surface area contributed by atoms with Crippen molar-refractivity contribution < 1.29 is 27.5 Å². The summed E-state index contributed by atoms with van der Waals surface area (Å²) in [6.45, 7) is -0.614. The van der Waals surface area contributed by atoms with Crippen LogP contribution in [0.25, 0.3) is 0 Å². The summed E-state index contributed by atoms with van der Waals surface area (Å²) in [5.74, 6) is -1.78. The Labute approximate surface area is 178 Å². The van der Waals surface area contributed by atoms with Crippen molar-refractivity contribution in [2.24, 2.45) is 0 Å². The van der Waals surface area contributed by atoms with Gasteiger partial charge in [-0.05, 0) is 49.2 Å². The third kappa shape index (κ3) is 5.80. The Kier molecular flexibility index (Phi) is 6.42. The van der Waals surface area contributed by atoms with Gasteiger partial charge in [0, 0.05) is 23.5 Å². The Hall–Kier alpha value is -2.91. The van der Waals surface area contributed by atoms with Crippen molar-refractivity contribution in [3.63, 3.8) is 0 Å². The first-order chi connectivity index (χ1) is 14.1. The molecule has 1 aliphatic carbocycles. The monoisotopic (exact) mass is 450 g/mol. The Morgan fingerprint density at radius 1 is 1.13 bits per heavy atom. The molecule has 10 heteroatoms. The number of anilines is 1. The second kappa shape index (κ2) is 8.85. The van der Waals surface area contributed by atoms with Gasteiger partial charge in [-0.2, -0.15) is 0 Å². The van der Waals surface area contributed by atoms with E-state index in [-0.39, 0.29) is 27.4 Å². The molecule has 0 spiro atoms. The molecule has 0 radical (unpaired) electrons. The van der Waals surface area contributed by atoms with E-state index in [1.54, 1.807) is 18.2 Å². The maximum atomic E-state index is 12.2. The van der Waals surface area contributed by atoms with E-state index in [1.165, 1.54) is 18.2 Å². The number of halogens is 1. The molecule has 1 aliphatic rings. The minimum atomic E-state index is -3.54. The molecule has 0 bridgehead atoms. The lowest BCUT2D eigenvalue weighted by Crippen LogP contribution is -2.25. The fourth-order valence-corrected chi connectivity index (χ4v) is 3.37. The van der Waals surface area contributed by atoms with Crippen molar-refractivity contribution in [2.45, 2.75) is 23.8 Å². The number of carbonyl (C=O) groups excluding carboxylic acids is 3. The lowest BCUT2D eigenvalue weighted by molar-refractivity contribution is -0.119. The lowest BCUT2D eigenvalue weighted by atomic mass is 10.2. The van der Waals surface area contributed by atoms with Crippen molar-refractivity contribution in [3.8, 4) is 0 Å². The summed E-state index contributed by atoms with van der Waals surface area (Å²) in [7, 11) is -3.54. The van der Waals surface area contributed by atoms with Gasteiger partial charge in [-0.1, -0.05) is 17.7 Å². The minimum absolute atomic E-state index is 0.00202. The van der Waals surface area contributed by atoms with Gasteiger partial charge >= 0.3 is 5.97 Å². The molecule has 2 amide bonds. The summed E-state index contributed by atoms with van der Waals surface area (Å²) in [5.41, 5.74) is 0.615. The van der Waals surface area contributed by atoms with E-state index in [2.05, 4.69) is 10.6 Å². The maximum Gasteiger partial charge on any atom is 0.340 e. The quantitative estimate of drug-likeness (QED) is 0.625. The zero-order valence-electron chi connectivity index (χ0n) is 16.0. The summed E-state index contributed by atoms with van der Waals surface area (Å²) in [4.78, 5) is 36.3. The SMILES string of the molecule is CS(=O)(=O)c1ccc(Cl)c(C(=O)OCC(=O)Nc2cccc(C(=O)NC3CC3)c2)c1. The molecule has 158 valence electrons. The van der Waals surface area contributed by atoms with Gasteiger partial charge in [0.25, 0.3) is 11.8 Å². The predicted molar refractivity (Wildman–Crippen MR) is 110 cm³/mol. The standard InChI is InChI=1S/C20H19ClN2O6S/c1-30(27,28)15-7-8-17(21)16(10-15)20(26)29-11-18(24)22-14-4-2-3-12(9-14)19(25)23-13-5-6-13/h2-4,7-10,13H,5-6,11H2,1H3,(H,22,24)(H,23,25). The average molecular weight is 451 g/mol. The van der Waals surface area contributed by atoms with Gasteiger partial charge in [0.1, 0.15) is 0 Å². The topological polar surface area (TPSA) is 119 Å². The molecule has 30 heavy (non-hydrogen) atoms. The van der Waals surface area contributed by atoms with Crippen LogP contribution in [0.3, 0.4) is 0 Å². The predicted octanol–water partition coefficient (Wildman–Crippen LogP) is 2.43. The van der Waals surface area contributed by atoms with E-state index < -0.39 is 28.3 Å². The molecule has 2 aromatic carbocycles. The molecule has 0 saturated heterocycles. The van der Waals surface area contributed by atoms with Crippen molar-refractivity contribution in [3.05, 3.63) is 58.6 Å². The van der Waals surface area contributed by atoms with Gasteiger partial charge in [-0.25, -0.2) is 13.2 Å². The molecule has 0 heterocycles. The fraction of sp³-hybridized carbons (Fsp3) is 0.250. The average Bonchev–Trinajstić information content (AvgIpc) is 3.49. The summed E-state index contributed by atoms with van der Waals surface area (Å²) >= 11 is 5.94. The van der Waals surface area contributed by atoms with Crippen molar-refractivity contribution in [2.75, 3.05) is 18.2 Å². The summed E-state index contributed by atoms with van der Waals surface area (Å²) in [6, 6.07) is 10.2. The smallest absolute Gasteiger partial charge is 0.340 e. The lowest BCUT2D eigenvalue weighted by Gasteiger charge is -2.10. The van der Waals surface area contributed by atoms with E-state index in [0.29, 0.717) is 11.3 Å². The number of sulfone groups is 1. The van der Waals surface area contributed by atoms with Gasteiger partial charge in [0.2, 0.25) is 0 Å². The first kappa shape index (κ1) is 21.8. The number of amides is 2. The van der Waals surface area contributed by atoms with Crippen LogP contribution in [0.1, 0.15) is 33.6 Å². The Morgan fingerprint density at radius 2 is 1.87 bits per heavy atom. The number of rotatable bonds is 7. The fourth-order valence-electron chi connectivity index (χ4n) is 2.53. The number of hydrogen-bond donors (Lipinski definition) is 2. The van der Waals surface area contributed by atoms with Gasteiger partial charge in [0.15, 0.2) is 16.4 Å². The van der Waals surface area contributed by atoms with Crippen molar-refractivity contribution in [1.82, 2.24) is 5.32 Å². The highest BCUT2D eigenvalue weighted by Gasteiger charge is 2.24. The van der Waals surface area contributed by atoms with Gasteiger partial charge < -0.3 is 15.4 Å². The van der Waals surface area contributed by atoms with E-state index in [1.807, 2.05) is 0 Å².